The monoisotopic (exact) mass is 435 g/mol. The molecule has 10 heteroatoms. The van der Waals surface area contributed by atoms with E-state index in [1.807, 2.05) is 0 Å². The van der Waals surface area contributed by atoms with Crippen LogP contribution < -0.4 is 10.3 Å². The lowest BCUT2D eigenvalue weighted by molar-refractivity contribution is 0.526. The highest BCUT2D eigenvalue weighted by molar-refractivity contribution is 7.89. The van der Waals surface area contributed by atoms with Gasteiger partial charge in [-0.3, -0.25) is 4.79 Å². The summed E-state index contributed by atoms with van der Waals surface area (Å²) in [6.07, 6.45) is 3.80. The van der Waals surface area contributed by atoms with Crippen LogP contribution >= 0.6 is 34.8 Å². The minimum Gasteiger partial charge on any atom is -0.268 e. The number of hydrogen-bond acceptors (Lipinski definition) is 4. The first kappa shape index (κ1) is 19.6. The van der Waals surface area contributed by atoms with Crippen molar-refractivity contribution in [2.24, 2.45) is 0 Å². The number of hydrogen-bond donors (Lipinski definition) is 1. The first-order valence-corrected chi connectivity index (χ1v) is 10.6. The number of nitrogens with zero attached hydrogens (tertiary/aromatic N) is 2. The van der Waals surface area contributed by atoms with Crippen LogP contribution in [-0.2, 0) is 29.4 Å². The number of rotatable bonds is 5. The van der Waals surface area contributed by atoms with Gasteiger partial charge in [0.25, 0.3) is 5.56 Å². The molecule has 0 fully saturated rings. The molecule has 0 radical (unpaired) electrons. The molecule has 6 nitrogen and oxygen atoms in total. The molecular formula is C16H16Cl3N3O3S. The average molecular weight is 437 g/mol. The van der Waals surface area contributed by atoms with Crippen molar-refractivity contribution in [3.63, 3.8) is 0 Å². The van der Waals surface area contributed by atoms with E-state index in [-0.39, 0.29) is 38.6 Å². The Morgan fingerprint density at radius 3 is 2.50 bits per heavy atom. The van der Waals surface area contributed by atoms with E-state index in [9.17, 15) is 13.2 Å². The smallest absolute Gasteiger partial charge is 0.267 e. The lowest BCUT2D eigenvalue weighted by Crippen LogP contribution is -2.33. The standard InChI is InChI=1S/C16H16Cl3N3O3S/c17-11-8-13(19)15(9-12(11)18)26(24,25)20-5-6-22-16(23)7-10-3-1-2-4-14(10)21-22/h7-9,20H,1-6H2. The summed E-state index contributed by atoms with van der Waals surface area (Å²) in [5.41, 5.74) is 1.66. The lowest BCUT2D eigenvalue weighted by Gasteiger charge is -2.16. The van der Waals surface area contributed by atoms with Gasteiger partial charge in [-0.15, -0.1) is 0 Å². The maximum absolute atomic E-state index is 12.4. The summed E-state index contributed by atoms with van der Waals surface area (Å²) in [6, 6.07) is 4.05. The second kappa shape index (κ2) is 7.86. The second-order valence-electron chi connectivity index (χ2n) is 5.98. The lowest BCUT2D eigenvalue weighted by atomic mass is 9.97. The van der Waals surface area contributed by atoms with Crippen molar-refractivity contribution in [1.29, 1.82) is 0 Å². The van der Waals surface area contributed by atoms with E-state index in [4.69, 9.17) is 34.8 Å². The van der Waals surface area contributed by atoms with Gasteiger partial charge in [0.15, 0.2) is 0 Å². The van der Waals surface area contributed by atoms with Crippen LogP contribution in [0.2, 0.25) is 15.1 Å². The van der Waals surface area contributed by atoms with E-state index in [1.165, 1.54) is 16.8 Å². The molecule has 0 saturated heterocycles. The highest BCUT2D eigenvalue weighted by Crippen LogP contribution is 2.31. The van der Waals surface area contributed by atoms with Crippen LogP contribution in [0.4, 0.5) is 0 Å². The van der Waals surface area contributed by atoms with E-state index < -0.39 is 10.0 Å². The molecule has 1 N–H and O–H groups in total. The van der Waals surface area contributed by atoms with Crippen molar-refractivity contribution in [2.45, 2.75) is 37.1 Å². The quantitative estimate of drug-likeness (QED) is 0.730. The van der Waals surface area contributed by atoms with E-state index in [1.54, 1.807) is 6.07 Å². The molecule has 0 bridgehead atoms. The van der Waals surface area contributed by atoms with Crippen molar-refractivity contribution >= 4 is 44.8 Å². The van der Waals surface area contributed by atoms with Crippen molar-refractivity contribution in [2.75, 3.05) is 6.54 Å². The van der Waals surface area contributed by atoms with E-state index in [0.717, 1.165) is 36.9 Å². The molecule has 0 spiro atoms. The van der Waals surface area contributed by atoms with Gasteiger partial charge in [-0.1, -0.05) is 34.8 Å². The van der Waals surface area contributed by atoms with Gasteiger partial charge in [0, 0.05) is 12.6 Å². The summed E-state index contributed by atoms with van der Waals surface area (Å²) in [5.74, 6) is 0. The van der Waals surface area contributed by atoms with E-state index in [0.29, 0.717) is 0 Å². The van der Waals surface area contributed by atoms with Crippen LogP contribution in [0.1, 0.15) is 24.1 Å². The molecule has 3 rings (SSSR count). The largest absolute Gasteiger partial charge is 0.268 e. The molecule has 0 aliphatic heterocycles. The van der Waals surface area contributed by atoms with Gasteiger partial charge in [-0.05, 0) is 43.4 Å². The van der Waals surface area contributed by atoms with Crippen LogP contribution in [0.25, 0.3) is 0 Å². The molecule has 1 aliphatic carbocycles. The molecule has 0 amide bonds. The SMILES string of the molecule is O=c1cc2c(nn1CCNS(=O)(=O)c1cc(Cl)c(Cl)cc1Cl)CCCC2. The molecule has 0 unspecified atom stereocenters. The molecular weight excluding hydrogens is 421 g/mol. The predicted molar refractivity (Wildman–Crippen MR) is 102 cm³/mol. The first-order chi connectivity index (χ1) is 12.3. The van der Waals surface area contributed by atoms with Crippen LogP contribution in [0, 0.1) is 0 Å². The Hall–Kier alpha value is -1.12. The molecule has 140 valence electrons. The number of aromatic nitrogens is 2. The van der Waals surface area contributed by atoms with Crippen LogP contribution in [0.15, 0.2) is 27.9 Å². The maximum Gasteiger partial charge on any atom is 0.267 e. The topological polar surface area (TPSA) is 81.1 Å². The molecule has 1 aromatic heterocycles. The normalized spacial score (nSPS) is 14.3. The molecule has 0 saturated carbocycles. The molecule has 1 aromatic carbocycles. The Morgan fingerprint density at radius 2 is 1.73 bits per heavy atom. The van der Waals surface area contributed by atoms with Crippen molar-refractivity contribution in [3.8, 4) is 0 Å². The fraction of sp³-hybridized carbons (Fsp3) is 0.375. The minimum atomic E-state index is -3.90. The summed E-state index contributed by atoms with van der Waals surface area (Å²) in [6.45, 7) is 0.106. The minimum absolute atomic E-state index is 0.00932. The number of nitrogens with one attached hydrogen (secondary N) is 1. The summed E-state index contributed by atoms with van der Waals surface area (Å²) in [7, 11) is -3.90. The molecule has 0 atom stereocenters. The number of sulfonamides is 1. The first-order valence-electron chi connectivity index (χ1n) is 8.02. The molecule has 26 heavy (non-hydrogen) atoms. The Bertz CT molecular complexity index is 1010. The third-order valence-corrected chi connectivity index (χ3v) is 6.80. The van der Waals surface area contributed by atoms with Gasteiger partial charge in [-0.25, -0.2) is 17.8 Å². The molecule has 1 aliphatic rings. The van der Waals surface area contributed by atoms with E-state index >= 15 is 0 Å². The Morgan fingerprint density at radius 1 is 1.04 bits per heavy atom. The highest BCUT2D eigenvalue weighted by atomic mass is 35.5. The van der Waals surface area contributed by atoms with Gasteiger partial charge in [0.1, 0.15) is 4.90 Å². The Kier molecular flexibility index (Phi) is 5.94. The number of benzene rings is 1. The fourth-order valence-electron chi connectivity index (χ4n) is 2.84. The van der Waals surface area contributed by atoms with Crippen LogP contribution in [0.3, 0.4) is 0 Å². The number of fused-ring (bicyclic) bond motifs is 1. The van der Waals surface area contributed by atoms with Crippen molar-refractivity contribution < 1.29 is 8.42 Å². The maximum atomic E-state index is 12.4. The van der Waals surface area contributed by atoms with Gasteiger partial charge < -0.3 is 0 Å². The summed E-state index contributed by atoms with van der Waals surface area (Å²) in [5, 5.41) is 4.58. The summed E-state index contributed by atoms with van der Waals surface area (Å²) < 4.78 is 28.5. The second-order valence-corrected chi connectivity index (χ2v) is 8.94. The Balaban J connectivity index is 1.73. The fourth-order valence-corrected chi connectivity index (χ4v) is 4.86. The van der Waals surface area contributed by atoms with Crippen LogP contribution in [0.5, 0.6) is 0 Å². The van der Waals surface area contributed by atoms with Crippen LogP contribution in [-0.4, -0.2) is 24.7 Å². The zero-order chi connectivity index (χ0) is 18.9. The molecule has 1 heterocycles. The number of aryl methyl sites for hydroxylation is 2. The van der Waals surface area contributed by atoms with E-state index in [2.05, 4.69) is 9.82 Å². The zero-order valence-corrected chi connectivity index (χ0v) is 16.7. The van der Waals surface area contributed by atoms with Gasteiger partial charge in [0.05, 0.1) is 27.3 Å². The van der Waals surface area contributed by atoms with Gasteiger partial charge in [-0.2, -0.15) is 5.10 Å². The highest BCUT2D eigenvalue weighted by Gasteiger charge is 2.20. The van der Waals surface area contributed by atoms with Crippen molar-refractivity contribution in [1.82, 2.24) is 14.5 Å². The van der Waals surface area contributed by atoms with Crippen molar-refractivity contribution in [3.05, 3.63) is 54.9 Å². The summed E-state index contributed by atoms with van der Waals surface area (Å²) >= 11 is 17.6. The third-order valence-electron chi connectivity index (χ3n) is 4.15. The molecule has 2 aromatic rings. The number of halogens is 3. The Labute approximate surface area is 166 Å². The van der Waals surface area contributed by atoms with Gasteiger partial charge in [0.2, 0.25) is 10.0 Å². The summed E-state index contributed by atoms with van der Waals surface area (Å²) in [4.78, 5) is 12.0. The average Bonchev–Trinajstić information content (AvgIpc) is 2.58. The third kappa shape index (κ3) is 4.23. The van der Waals surface area contributed by atoms with Gasteiger partial charge >= 0.3 is 0 Å². The predicted octanol–water partition coefficient (Wildman–Crippen LogP) is 3.06. The zero-order valence-electron chi connectivity index (χ0n) is 13.6.